The average molecular weight is 198 g/mol. The Kier molecular flexibility index (Phi) is 2.36. The molecule has 1 aromatic heterocycles. The fourth-order valence-corrected chi connectivity index (χ4v) is 1.92. The Labute approximate surface area is 82.3 Å². The third-order valence-electron chi connectivity index (χ3n) is 2.57. The van der Waals surface area contributed by atoms with E-state index in [9.17, 15) is 0 Å². The van der Waals surface area contributed by atoms with Crippen molar-refractivity contribution in [3.63, 3.8) is 0 Å². The van der Waals surface area contributed by atoms with Gasteiger partial charge in [0.25, 0.3) is 0 Å². The zero-order valence-corrected chi connectivity index (χ0v) is 8.09. The van der Waals surface area contributed by atoms with Crippen LogP contribution >= 0.6 is 11.6 Å². The van der Waals surface area contributed by atoms with Gasteiger partial charge in [-0.05, 0) is 18.9 Å². The molecule has 1 aliphatic rings. The lowest BCUT2D eigenvalue weighted by molar-refractivity contribution is 0.681. The van der Waals surface area contributed by atoms with Crippen LogP contribution in [0, 0.1) is 0 Å². The van der Waals surface area contributed by atoms with E-state index in [-0.39, 0.29) is 0 Å². The largest absolute Gasteiger partial charge is 0.396 e. The maximum Gasteiger partial charge on any atom is 0.174 e. The number of halogens is 1. The second-order valence-corrected chi connectivity index (χ2v) is 3.85. The summed E-state index contributed by atoms with van der Waals surface area (Å²) < 4.78 is 0. The lowest BCUT2D eigenvalue weighted by Gasteiger charge is -2.07. The quantitative estimate of drug-likeness (QED) is 0.752. The van der Waals surface area contributed by atoms with Crippen LogP contribution in [0.15, 0.2) is 6.07 Å². The maximum atomic E-state index is 5.69. The number of hydrogen-bond acceptors (Lipinski definition) is 3. The third-order valence-corrected chi connectivity index (χ3v) is 2.86. The van der Waals surface area contributed by atoms with Crippen molar-refractivity contribution in [2.75, 3.05) is 5.73 Å². The predicted octanol–water partition coefficient (Wildman–Crippen LogP) is 2.37. The van der Waals surface area contributed by atoms with Crippen molar-refractivity contribution in [3.05, 3.63) is 16.9 Å². The van der Waals surface area contributed by atoms with Crippen LogP contribution < -0.4 is 5.73 Å². The van der Waals surface area contributed by atoms with Crippen molar-refractivity contribution in [1.82, 2.24) is 10.2 Å². The number of hydrogen-bond donors (Lipinski definition) is 1. The Bertz CT molecular complexity index is 308. The summed E-state index contributed by atoms with van der Waals surface area (Å²) in [5, 5.41) is 8.18. The first kappa shape index (κ1) is 8.75. The molecule has 0 unspecified atom stereocenters. The molecule has 0 amide bonds. The van der Waals surface area contributed by atoms with Crippen LogP contribution in [0.4, 0.5) is 5.69 Å². The molecule has 0 spiro atoms. The van der Waals surface area contributed by atoms with Gasteiger partial charge < -0.3 is 5.73 Å². The van der Waals surface area contributed by atoms with E-state index in [0.29, 0.717) is 16.8 Å². The van der Waals surface area contributed by atoms with Crippen LogP contribution in [0.5, 0.6) is 0 Å². The fraction of sp³-hybridized carbons (Fsp3) is 0.556. The minimum absolute atomic E-state index is 0.307. The summed E-state index contributed by atoms with van der Waals surface area (Å²) in [6.07, 6.45) is 4.98. The highest BCUT2D eigenvalue weighted by molar-refractivity contribution is 6.31. The normalized spacial score (nSPS) is 17.9. The second-order valence-electron chi connectivity index (χ2n) is 3.50. The molecule has 70 valence electrons. The van der Waals surface area contributed by atoms with Gasteiger partial charge in [0.15, 0.2) is 5.15 Å². The van der Waals surface area contributed by atoms with Crippen LogP contribution in [-0.2, 0) is 0 Å². The molecule has 3 nitrogen and oxygen atoms in total. The van der Waals surface area contributed by atoms with Crippen molar-refractivity contribution >= 4 is 17.3 Å². The first-order chi connectivity index (χ1) is 6.27. The van der Waals surface area contributed by atoms with Crippen molar-refractivity contribution < 1.29 is 0 Å². The minimum atomic E-state index is 0.307. The van der Waals surface area contributed by atoms with Gasteiger partial charge in [0.2, 0.25) is 0 Å². The molecule has 1 saturated carbocycles. The Balaban J connectivity index is 2.25. The highest BCUT2D eigenvalue weighted by Gasteiger charge is 2.19. The van der Waals surface area contributed by atoms with Crippen LogP contribution in [0.25, 0.3) is 0 Å². The van der Waals surface area contributed by atoms with Gasteiger partial charge >= 0.3 is 0 Å². The Morgan fingerprint density at radius 2 is 2.00 bits per heavy atom. The maximum absolute atomic E-state index is 5.69. The van der Waals surface area contributed by atoms with Gasteiger partial charge in [-0.25, -0.2) is 0 Å². The van der Waals surface area contributed by atoms with Gasteiger partial charge in [-0.15, -0.1) is 5.10 Å². The fourth-order valence-electron chi connectivity index (χ4n) is 1.83. The highest BCUT2D eigenvalue weighted by atomic mass is 35.5. The molecule has 1 aliphatic carbocycles. The lowest BCUT2D eigenvalue weighted by Crippen LogP contribution is -2.01. The molecule has 2 N–H and O–H groups in total. The summed E-state index contributed by atoms with van der Waals surface area (Å²) in [6, 6.07) is 1.85. The molecule has 0 aliphatic heterocycles. The van der Waals surface area contributed by atoms with E-state index >= 15 is 0 Å². The lowest BCUT2D eigenvalue weighted by atomic mass is 10.0. The van der Waals surface area contributed by atoms with E-state index in [1.807, 2.05) is 6.07 Å². The number of nitrogen functional groups attached to an aromatic ring is 1. The van der Waals surface area contributed by atoms with Crippen LogP contribution in [0.1, 0.15) is 37.3 Å². The standard InChI is InChI=1S/C9H12ClN3/c10-9-7(11)5-8(12-13-9)6-3-1-2-4-6/h5-6H,1-4H2,(H2,11,12). The summed E-state index contributed by atoms with van der Waals surface area (Å²) in [5.74, 6) is 0.548. The van der Waals surface area contributed by atoms with Crippen LogP contribution in [-0.4, -0.2) is 10.2 Å². The molecule has 0 atom stereocenters. The molecule has 1 heterocycles. The summed E-state index contributed by atoms with van der Waals surface area (Å²) in [6.45, 7) is 0. The van der Waals surface area contributed by atoms with Crippen LogP contribution in [0.3, 0.4) is 0 Å². The third kappa shape index (κ3) is 1.75. The number of rotatable bonds is 1. The van der Waals surface area contributed by atoms with Crippen molar-refractivity contribution in [2.24, 2.45) is 0 Å². The van der Waals surface area contributed by atoms with E-state index in [4.69, 9.17) is 17.3 Å². The summed E-state index contributed by atoms with van der Waals surface area (Å²) in [4.78, 5) is 0. The highest BCUT2D eigenvalue weighted by Crippen LogP contribution is 2.33. The number of anilines is 1. The van der Waals surface area contributed by atoms with E-state index in [2.05, 4.69) is 10.2 Å². The molecule has 1 aromatic rings. The van der Waals surface area contributed by atoms with Gasteiger partial charge in [-0.3, -0.25) is 0 Å². The van der Waals surface area contributed by atoms with Crippen LogP contribution in [0.2, 0.25) is 5.15 Å². The summed E-state index contributed by atoms with van der Waals surface area (Å²) in [5.41, 5.74) is 7.19. The van der Waals surface area contributed by atoms with E-state index in [0.717, 1.165) is 5.69 Å². The Morgan fingerprint density at radius 1 is 1.31 bits per heavy atom. The van der Waals surface area contributed by atoms with Gasteiger partial charge in [-0.1, -0.05) is 24.4 Å². The Morgan fingerprint density at radius 3 is 2.62 bits per heavy atom. The van der Waals surface area contributed by atoms with Gasteiger partial charge in [0, 0.05) is 5.92 Å². The molecular weight excluding hydrogens is 186 g/mol. The molecule has 4 heteroatoms. The molecule has 0 bridgehead atoms. The molecule has 13 heavy (non-hydrogen) atoms. The molecule has 0 saturated heterocycles. The topological polar surface area (TPSA) is 51.8 Å². The number of nitrogens with zero attached hydrogens (tertiary/aromatic N) is 2. The zero-order chi connectivity index (χ0) is 9.26. The zero-order valence-electron chi connectivity index (χ0n) is 7.33. The van der Waals surface area contributed by atoms with Crippen molar-refractivity contribution in [3.8, 4) is 0 Å². The molecule has 1 fully saturated rings. The smallest absolute Gasteiger partial charge is 0.174 e. The SMILES string of the molecule is Nc1cc(C2CCCC2)nnc1Cl. The first-order valence-corrected chi connectivity index (χ1v) is 4.94. The Hall–Kier alpha value is -0.830. The predicted molar refractivity (Wildman–Crippen MR) is 52.7 cm³/mol. The number of nitrogens with two attached hydrogens (primary N) is 1. The van der Waals surface area contributed by atoms with Crippen molar-refractivity contribution in [1.29, 1.82) is 0 Å². The summed E-state index contributed by atoms with van der Waals surface area (Å²) in [7, 11) is 0. The molecule has 0 radical (unpaired) electrons. The van der Waals surface area contributed by atoms with E-state index < -0.39 is 0 Å². The van der Waals surface area contributed by atoms with E-state index in [1.165, 1.54) is 25.7 Å². The molecular formula is C9H12ClN3. The second kappa shape index (κ2) is 3.50. The number of aromatic nitrogens is 2. The first-order valence-electron chi connectivity index (χ1n) is 4.56. The average Bonchev–Trinajstić information content (AvgIpc) is 2.62. The van der Waals surface area contributed by atoms with E-state index in [1.54, 1.807) is 0 Å². The van der Waals surface area contributed by atoms with Crippen molar-refractivity contribution in [2.45, 2.75) is 31.6 Å². The monoisotopic (exact) mass is 197 g/mol. The molecule has 2 rings (SSSR count). The van der Waals surface area contributed by atoms with Gasteiger partial charge in [0.05, 0.1) is 11.4 Å². The summed E-state index contributed by atoms with van der Waals surface area (Å²) >= 11 is 5.69. The van der Waals surface area contributed by atoms with Gasteiger partial charge in [-0.2, -0.15) is 5.10 Å². The molecule has 0 aromatic carbocycles. The minimum Gasteiger partial charge on any atom is -0.396 e. The van der Waals surface area contributed by atoms with Gasteiger partial charge in [0.1, 0.15) is 0 Å².